The average Bonchev–Trinajstić information content (AvgIpc) is 2.54. The maximum absolute atomic E-state index is 12.6. The topological polar surface area (TPSA) is 32.3 Å². The van der Waals surface area contributed by atoms with Crippen LogP contribution in [0.5, 0.6) is 0 Å². The summed E-state index contributed by atoms with van der Waals surface area (Å²) in [6.07, 6.45) is 0.500. The van der Waals surface area contributed by atoms with Gasteiger partial charge in [-0.1, -0.05) is 62.4 Å². The number of carbonyl (C=O) groups is 1. The Bertz CT molecular complexity index is 567. The standard InChI is InChI=1S/C19H24N2O/c1-16(2)20-14-13-19(22)21(18-11-7-4-8-12-18)15-17-9-5-3-6-10-17/h3-12,16,20H,13-15H2,1-2H3. The van der Waals surface area contributed by atoms with Crippen LogP contribution in [0, 0.1) is 0 Å². The van der Waals surface area contributed by atoms with E-state index >= 15 is 0 Å². The number of amides is 1. The molecule has 0 aliphatic carbocycles. The van der Waals surface area contributed by atoms with E-state index in [9.17, 15) is 4.79 Å². The summed E-state index contributed by atoms with van der Waals surface area (Å²) in [7, 11) is 0. The zero-order chi connectivity index (χ0) is 15.8. The lowest BCUT2D eigenvalue weighted by Crippen LogP contribution is -2.34. The molecule has 2 aromatic carbocycles. The predicted octanol–water partition coefficient (Wildman–Crippen LogP) is 3.61. The van der Waals surface area contributed by atoms with Crippen molar-refractivity contribution in [2.45, 2.75) is 32.9 Å². The van der Waals surface area contributed by atoms with Gasteiger partial charge in [0.1, 0.15) is 0 Å². The molecule has 0 aromatic heterocycles. The molecule has 116 valence electrons. The summed E-state index contributed by atoms with van der Waals surface area (Å²) in [5.41, 5.74) is 2.08. The number of rotatable bonds is 7. The first-order valence-electron chi connectivity index (χ1n) is 7.79. The fourth-order valence-electron chi connectivity index (χ4n) is 2.30. The summed E-state index contributed by atoms with van der Waals surface area (Å²) in [6, 6.07) is 20.4. The number of anilines is 1. The van der Waals surface area contributed by atoms with Crippen molar-refractivity contribution in [2.75, 3.05) is 11.4 Å². The van der Waals surface area contributed by atoms with Gasteiger partial charge in [-0.3, -0.25) is 4.79 Å². The molecular formula is C19H24N2O. The lowest BCUT2D eigenvalue weighted by atomic mass is 10.2. The van der Waals surface area contributed by atoms with Gasteiger partial charge in [0.2, 0.25) is 5.91 Å². The summed E-state index contributed by atoms with van der Waals surface area (Å²) < 4.78 is 0. The van der Waals surface area contributed by atoms with Crippen LogP contribution < -0.4 is 10.2 Å². The number of nitrogens with zero attached hydrogens (tertiary/aromatic N) is 1. The minimum atomic E-state index is 0.142. The summed E-state index contributed by atoms with van der Waals surface area (Å²) in [5.74, 6) is 0.142. The molecule has 1 amide bonds. The molecule has 3 heteroatoms. The second kappa shape index (κ2) is 8.35. The molecule has 3 nitrogen and oxygen atoms in total. The van der Waals surface area contributed by atoms with Gasteiger partial charge in [0.15, 0.2) is 0 Å². The first-order valence-corrected chi connectivity index (χ1v) is 7.79. The molecule has 0 heterocycles. The van der Waals surface area contributed by atoms with Gasteiger partial charge in [-0.05, 0) is 17.7 Å². The lowest BCUT2D eigenvalue weighted by Gasteiger charge is -2.23. The molecule has 0 saturated carbocycles. The molecule has 22 heavy (non-hydrogen) atoms. The largest absolute Gasteiger partial charge is 0.314 e. The van der Waals surface area contributed by atoms with E-state index < -0.39 is 0 Å². The van der Waals surface area contributed by atoms with Crippen molar-refractivity contribution in [1.29, 1.82) is 0 Å². The smallest absolute Gasteiger partial charge is 0.228 e. The van der Waals surface area contributed by atoms with Gasteiger partial charge < -0.3 is 10.2 Å². The molecule has 0 fully saturated rings. The Kier molecular flexibility index (Phi) is 6.16. The van der Waals surface area contributed by atoms with E-state index in [2.05, 4.69) is 31.3 Å². The molecule has 0 saturated heterocycles. The number of para-hydroxylation sites is 1. The van der Waals surface area contributed by atoms with Crippen molar-refractivity contribution < 1.29 is 4.79 Å². The predicted molar refractivity (Wildman–Crippen MR) is 91.8 cm³/mol. The zero-order valence-corrected chi connectivity index (χ0v) is 13.3. The molecule has 2 aromatic rings. The summed E-state index contributed by atoms with van der Waals surface area (Å²) in [5, 5.41) is 3.30. The monoisotopic (exact) mass is 296 g/mol. The molecular weight excluding hydrogens is 272 g/mol. The highest BCUT2D eigenvalue weighted by Crippen LogP contribution is 2.18. The van der Waals surface area contributed by atoms with Crippen LogP contribution in [0.1, 0.15) is 25.8 Å². The molecule has 0 radical (unpaired) electrons. The van der Waals surface area contributed by atoms with Crippen LogP contribution in [0.3, 0.4) is 0 Å². The van der Waals surface area contributed by atoms with E-state index in [1.165, 1.54) is 0 Å². The highest BCUT2D eigenvalue weighted by atomic mass is 16.2. The van der Waals surface area contributed by atoms with Crippen molar-refractivity contribution in [2.24, 2.45) is 0 Å². The molecule has 0 spiro atoms. The van der Waals surface area contributed by atoms with Crippen LogP contribution in [0.25, 0.3) is 0 Å². The second-order valence-corrected chi connectivity index (χ2v) is 5.66. The van der Waals surface area contributed by atoms with E-state index in [-0.39, 0.29) is 5.91 Å². The Hall–Kier alpha value is -2.13. The number of carbonyl (C=O) groups excluding carboxylic acids is 1. The Morgan fingerprint density at radius 3 is 2.18 bits per heavy atom. The van der Waals surface area contributed by atoms with Gasteiger partial charge in [-0.2, -0.15) is 0 Å². The van der Waals surface area contributed by atoms with E-state index in [1.807, 2.05) is 53.4 Å². The number of benzene rings is 2. The minimum Gasteiger partial charge on any atom is -0.314 e. The van der Waals surface area contributed by atoms with E-state index in [4.69, 9.17) is 0 Å². The average molecular weight is 296 g/mol. The molecule has 0 aliphatic rings. The van der Waals surface area contributed by atoms with Gasteiger partial charge in [0.05, 0.1) is 6.54 Å². The maximum Gasteiger partial charge on any atom is 0.228 e. The van der Waals surface area contributed by atoms with Crippen LogP contribution >= 0.6 is 0 Å². The fraction of sp³-hybridized carbons (Fsp3) is 0.316. The Balaban J connectivity index is 2.10. The maximum atomic E-state index is 12.6. The third-order valence-electron chi connectivity index (χ3n) is 3.44. The van der Waals surface area contributed by atoms with Gasteiger partial charge in [0, 0.05) is 24.7 Å². The molecule has 1 N–H and O–H groups in total. The van der Waals surface area contributed by atoms with Gasteiger partial charge >= 0.3 is 0 Å². The normalized spacial score (nSPS) is 10.7. The number of hydrogen-bond acceptors (Lipinski definition) is 2. The van der Waals surface area contributed by atoms with E-state index in [0.717, 1.165) is 11.3 Å². The van der Waals surface area contributed by atoms with Crippen LogP contribution in [0.2, 0.25) is 0 Å². The van der Waals surface area contributed by atoms with Crippen LogP contribution in [-0.2, 0) is 11.3 Å². The number of nitrogens with one attached hydrogen (secondary N) is 1. The fourth-order valence-corrected chi connectivity index (χ4v) is 2.30. The molecule has 0 atom stereocenters. The summed E-state index contributed by atoms with van der Waals surface area (Å²) >= 11 is 0. The molecule has 0 bridgehead atoms. The van der Waals surface area contributed by atoms with Crippen molar-refractivity contribution in [3.8, 4) is 0 Å². The Morgan fingerprint density at radius 1 is 1.00 bits per heavy atom. The Morgan fingerprint density at radius 2 is 1.59 bits per heavy atom. The second-order valence-electron chi connectivity index (χ2n) is 5.66. The van der Waals surface area contributed by atoms with Crippen LogP contribution in [0.4, 0.5) is 5.69 Å². The van der Waals surface area contributed by atoms with Gasteiger partial charge in [-0.15, -0.1) is 0 Å². The first kappa shape index (κ1) is 16.2. The third kappa shape index (κ3) is 5.01. The third-order valence-corrected chi connectivity index (χ3v) is 3.44. The van der Waals surface area contributed by atoms with Gasteiger partial charge in [0.25, 0.3) is 0 Å². The highest BCUT2D eigenvalue weighted by molar-refractivity contribution is 5.93. The quantitative estimate of drug-likeness (QED) is 0.846. The van der Waals surface area contributed by atoms with E-state index in [0.29, 0.717) is 25.6 Å². The Labute approximate surface area is 133 Å². The van der Waals surface area contributed by atoms with Crippen LogP contribution in [0.15, 0.2) is 60.7 Å². The minimum absolute atomic E-state index is 0.142. The molecule has 0 aliphatic heterocycles. The summed E-state index contributed by atoms with van der Waals surface area (Å²) in [6.45, 7) is 5.48. The summed E-state index contributed by atoms with van der Waals surface area (Å²) in [4.78, 5) is 14.5. The molecule has 2 rings (SSSR count). The molecule has 0 unspecified atom stereocenters. The van der Waals surface area contributed by atoms with Crippen LogP contribution in [-0.4, -0.2) is 18.5 Å². The van der Waals surface area contributed by atoms with Crippen molar-refractivity contribution in [3.05, 3.63) is 66.2 Å². The first-order chi connectivity index (χ1) is 10.7. The highest BCUT2D eigenvalue weighted by Gasteiger charge is 2.15. The number of hydrogen-bond donors (Lipinski definition) is 1. The van der Waals surface area contributed by atoms with E-state index in [1.54, 1.807) is 0 Å². The SMILES string of the molecule is CC(C)NCCC(=O)N(Cc1ccccc1)c1ccccc1. The van der Waals surface area contributed by atoms with Gasteiger partial charge in [-0.25, -0.2) is 0 Å². The lowest BCUT2D eigenvalue weighted by molar-refractivity contribution is -0.118. The zero-order valence-electron chi connectivity index (χ0n) is 13.3. The van der Waals surface area contributed by atoms with Crippen molar-refractivity contribution >= 4 is 11.6 Å². The van der Waals surface area contributed by atoms with Crippen molar-refractivity contribution in [3.63, 3.8) is 0 Å². The van der Waals surface area contributed by atoms with Crippen molar-refractivity contribution in [1.82, 2.24) is 5.32 Å².